The molecule has 0 aliphatic carbocycles. The summed E-state index contributed by atoms with van der Waals surface area (Å²) in [5.41, 5.74) is -0.472. The molecule has 132 valence electrons. The van der Waals surface area contributed by atoms with Crippen molar-refractivity contribution < 1.29 is 17.9 Å². The number of nitrogens with zero attached hydrogens (tertiary/aromatic N) is 4. The minimum absolute atomic E-state index is 0.0303. The zero-order valence-electron chi connectivity index (χ0n) is 13.4. The van der Waals surface area contributed by atoms with Gasteiger partial charge in [0.15, 0.2) is 11.5 Å². The summed E-state index contributed by atoms with van der Waals surface area (Å²) in [6.07, 6.45) is 0.770. The quantitative estimate of drug-likeness (QED) is 0.774. The molecule has 0 aromatic carbocycles. The van der Waals surface area contributed by atoms with Crippen molar-refractivity contribution in [3.63, 3.8) is 0 Å². The van der Waals surface area contributed by atoms with Gasteiger partial charge >= 0.3 is 6.18 Å². The first-order valence-electron chi connectivity index (χ1n) is 7.81. The molecule has 1 aliphatic heterocycles. The van der Waals surface area contributed by atoms with Gasteiger partial charge in [-0.3, -0.25) is 4.98 Å². The minimum Gasteiger partial charge on any atom is -0.372 e. The summed E-state index contributed by atoms with van der Waals surface area (Å²) in [7, 11) is 0. The summed E-state index contributed by atoms with van der Waals surface area (Å²) in [6, 6.07) is 4.15. The molecule has 1 atom stereocenters. The maximum absolute atomic E-state index is 13.2. The molecule has 3 rings (SSSR count). The van der Waals surface area contributed by atoms with Gasteiger partial charge in [-0.15, -0.1) is 6.58 Å². The molecule has 1 unspecified atom stereocenters. The Morgan fingerprint density at radius 2 is 2.04 bits per heavy atom. The smallest absolute Gasteiger partial charge is 0.372 e. The third-order valence-electron chi connectivity index (χ3n) is 3.86. The third kappa shape index (κ3) is 4.14. The fraction of sp³-hybridized carbons (Fsp3) is 0.353. The standard InChI is InChI=1S/C17H17F3N4O/c1-2-9-25-13-5-8-24(11-13)15-10-14(17(18,19)20)22-16(23-15)12-3-6-21-7-4-12/h2-4,6-7,10,13H,1,5,8-9,11H2. The number of aromatic nitrogens is 3. The van der Waals surface area contributed by atoms with Crippen LogP contribution >= 0.6 is 0 Å². The lowest BCUT2D eigenvalue weighted by molar-refractivity contribution is -0.141. The van der Waals surface area contributed by atoms with Gasteiger partial charge in [0.2, 0.25) is 0 Å². The Morgan fingerprint density at radius 1 is 1.28 bits per heavy atom. The fourth-order valence-electron chi connectivity index (χ4n) is 2.65. The highest BCUT2D eigenvalue weighted by atomic mass is 19.4. The highest BCUT2D eigenvalue weighted by Crippen LogP contribution is 2.32. The maximum atomic E-state index is 13.2. The normalized spacial score (nSPS) is 17.7. The van der Waals surface area contributed by atoms with Gasteiger partial charge in [-0.25, -0.2) is 9.97 Å². The number of halogens is 3. The zero-order valence-corrected chi connectivity index (χ0v) is 13.4. The molecule has 2 aromatic heterocycles. The van der Waals surface area contributed by atoms with Crippen LogP contribution in [0.2, 0.25) is 0 Å². The molecule has 0 bridgehead atoms. The van der Waals surface area contributed by atoms with E-state index in [0.29, 0.717) is 25.3 Å². The second-order valence-corrected chi connectivity index (χ2v) is 5.65. The average molecular weight is 350 g/mol. The van der Waals surface area contributed by atoms with E-state index in [2.05, 4.69) is 21.5 Å². The Labute approximate surface area is 143 Å². The van der Waals surface area contributed by atoms with Crippen molar-refractivity contribution in [3.05, 3.63) is 48.9 Å². The van der Waals surface area contributed by atoms with E-state index >= 15 is 0 Å². The summed E-state index contributed by atoms with van der Waals surface area (Å²) < 4.78 is 45.3. The van der Waals surface area contributed by atoms with Crippen molar-refractivity contribution in [1.82, 2.24) is 15.0 Å². The van der Waals surface area contributed by atoms with Crippen LogP contribution in [-0.4, -0.2) is 40.8 Å². The molecule has 0 saturated carbocycles. The van der Waals surface area contributed by atoms with Crippen LogP contribution in [0.25, 0.3) is 11.4 Å². The molecule has 0 radical (unpaired) electrons. The summed E-state index contributed by atoms with van der Waals surface area (Å²) in [6.45, 7) is 5.07. The van der Waals surface area contributed by atoms with Gasteiger partial charge in [0.25, 0.3) is 0 Å². The summed E-state index contributed by atoms with van der Waals surface area (Å²) in [5.74, 6) is 0.279. The van der Waals surface area contributed by atoms with E-state index in [1.165, 1.54) is 12.4 Å². The van der Waals surface area contributed by atoms with Crippen molar-refractivity contribution in [3.8, 4) is 11.4 Å². The van der Waals surface area contributed by atoms with Crippen molar-refractivity contribution in [2.45, 2.75) is 18.7 Å². The summed E-state index contributed by atoms with van der Waals surface area (Å²) >= 11 is 0. The molecule has 25 heavy (non-hydrogen) atoms. The van der Waals surface area contributed by atoms with Gasteiger partial charge in [0, 0.05) is 37.1 Å². The van der Waals surface area contributed by atoms with Crippen molar-refractivity contribution in [1.29, 1.82) is 0 Å². The summed E-state index contributed by atoms with van der Waals surface area (Å²) in [4.78, 5) is 13.7. The molecule has 5 nitrogen and oxygen atoms in total. The molecule has 0 amide bonds. The largest absolute Gasteiger partial charge is 0.433 e. The number of anilines is 1. The summed E-state index contributed by atoms with van der Waals surface area (Å²) in [5, 5.41) is 0. The highest BCUT2D eigenvalue weighted by molar-refractivity contribution is 5.57. The average Bonchev–Trinajstić information content (AvgIpc) is 3.08. The molecular formula is C17H17F3N4O. The van der Waals surface area contributed by atoms with E-state index in [4.69, 9.17) is 4.74 Å². The fourth-order valence-corrected chi connectivity index (χ4v) is 2.65. The minimum atomic E-state index is -4.54. The van der Waals surface area contributed by atoms with Crippen LogP contribution in [0.1, 0.15) is 12.1 Å². The predicted octanol–water partition coefficient (Wildman–Crippen LogP) is 3.34. The predicted molar refractivity (Wildman–Crippen MR) is 87.0 cm³/mol. The van der Waals surface area contributed by atoms with Gasteiger partial charge < -0.3 is 9.64 Å². The first kappa shape index (κ1) is 17.3. The first-order valence-corrected chi connectivity index (χ1v) is 7.81. The molecule has 8 heteroatoms. The van der Waals surface area contributed by atoms with Crippen molar-refractivity contribution in [2.24, 2.45) is 0 Å². The number of alkyl halides is 3. The molecular weight excluding hydrogens is 333 g/mol. The molecule has 1 fully saturated rings. The second kappa shape index (κ2) is 7.18. The van der Waals surface area contributed by atoms with E-state index in [0.717, 1.165) is 12.5 Å². The lowest BCUT2D eigenvalue weighted by Gasteiger charge is -2.19. The van der Waals surface area contributed by atoms with Gasteiger partial charge in [-0.05, 0) is 18.6 Å². The SMILES string of the molecule is C=CCOC1CCN(c2cc(C(F)(F)F)nc(-c3ccncc3)n2)C1. The molecule has 3 heterocycles. The number of rotatable bonds is 5. The van der Waals surface area contributed by atoms with E-state index in [1.54, 1.807) is 23.1 Å². The second-order valence-electron chi connectivity index (χ2n) is 5.65. The van der Waals surface area contributed by atoms with Crippen LogP contribution in [-0.2, 0) is 10.9 Å². The topological polar surface area (TPSA) is 51.1 Å². The Hall–Kier alpha value is -2.48. The van der Waals surface area contributed by atoms with Crippen molar-refractivity contribution in [2.75, 3.05) is 24.6 Å². The van der Waals surface area contributed by atoms with Crippen LogP contribution in [0, 0.1) is 0 Å². The van der Waals surface area contributed by atoms with Gasteiger partial charge in [-0.2, -0.15) is 13.2 Å². The van der Waals surface area contributed by atoms with Gasteiger partial charge in [-0.1, -0.05) is 6.08 Å². The third-order valence-corrected chi connectivity index (χ3v) is 3.86. The van der Waals surface area contributed by atoms with Gasteiger partial charge in [0.1, 0.15) is 5.82 Å². The number of ether oxygens (including phenoxy) is 1. The molecule has 1 saturated heterocycles. The number of hydrogen-bond acceptors (Lipinski definition) is 5. The zero-order chi connectivity index (χ0) is 17.9. The first-order chi connectivity index (χ1) is 12.0. The van der Waals surface area contributed by atoms with Crippen LogP contribution < -0.4 is 4.90 Å². The van der Waals surface area contributed by atoms with E-state index in [-0.39, 0.29) is 17.7 Å². The Morgan fingerprint density at radius 3 is 2.72 bits per heavy atom. The maximum Gasteiger partial charge on any atom is 0.433 e. The highest BCUT2D eigenvalue weighted by Gasteiger charge is 2.35. The van der Waals surface area contributed by atoms with Crippen LogP contribution in [0.5, 0.6) is 0 Å². The Bertz CT molecular complexity index is 736. The Kier molecular flexibility index (Phi) is 4.98. The van der Waals surface area contributed by atoms with Crippen LogP contribution in [0.15, 0.2) is 43.2 Å². The molecule has 0 N–H and O–H groups in total. The molecule has 1 aliphatic rings. The number of hydrogen-bond donors (Lipinski definition) is 0. The van der Waals surface area contributed by atoms with Crippen LogP contribution in [0.3, 0.4) is 0 Å². The van der Waals surface area contributed by atoms with E-state index in [1.807, 2.05) is 0 Å². The lowest BCUT2D eigenvalue weighted by atomic mass is 10.2. The van der Waals surface area contributed by atoms with Crippen LogP contribution in [0.4, 0.5) is 19.0 Å². The Balaban J connectivity index is 1.92. The monoisotopic (exact) mass is 350 g/mol. The molecule has 0 spiro atoms. The number of pyridine rings is 1. The lowest BCUT2D eigenvalue weighted by Crippen LogP contribution is -2.25. The van der Waals surface area contributed by atoms with Crippen molar-refractivity contribution >= 4 is 5.82 Å². The van der Waals surface area contributed by atoms with E-state index < -0.39 is 11.9 Å². The van der Waals surface area contributed by atoms with E-state index in [9.17, 15) is 13.2 Å². The van der Waals surface area contributed by atoms with Gasteiger partial charge in [0.05, 0.1) is 12.7 Å². The molecule has 2 aromatic rings.